The average molecular weight is 349 g/mol. The monoisotopic (exact) mass is 349 g/mol. The number of aliphatic hydroxyl groups is 1. The lowest BCUT2D eigenvalue weighted by Gasteiger charge is -2.22. The smallest absolute Gasteiger partial charge is 0.220 e. The largest absolute Gasteiger partial charge is 0.383 e. The lowest BCUT2D eigenvalue weighted by Crippen LogP contribution is -2.38. The highest BCUT2D eigenvalue weighted by molar-refractivity contribution is 7.10. The van der Waals surface area contributed by atoms with E-state index in [1.807, 2.05) is 17.5 Å². The number of carbonyl (C=O) groups is 2. The molecule has 0 bridgehead atoms. The van der Waals surface area contributed by atoms with E-state index < -0.39 is 5.60 Å². The molecule has 1 amide bonds. The molecule has 1 atom stereocenters. The number of Topliss-reactive ketones (excluding diaryl/α,β-unsaturated/α-hetero) is 1. The van der Waals surface area contributed by atoms with Crippen LogP contribution >= 0.6 is 11.3 Å². The van der Waals surface area contributed by atoms with E-state index in [0.29, 0.717) is 12.0 Å². The van der Waals surface area contributed by atoms with Crippen LogP contribution in [0.25, 0.3) is 0 Å². The van der Waals surface area contributed by atoms with Crippen LogP contribution in [0, 0.1) is 5.82 Å². The second-order valence-electron chi connectivity index (χ2n) is 5.81. The molecule has 1 heterocycles. The van der Waals surface area contributed by atoms with E-state index in [4.69, 9.17) is 0 Å². The number of hydrogen-bond donors (Lipinski definition) is 2. The van der Waals surface area contributed by atoms with Crippen LogP contribution in [0.3, 0.4) is 0 Å². The molecular weight excluding hydrogens is 329 g/mol. The maximum atomic E-state index is 12.8. The van der Waals surface area contributed by atoms with Crippen LogP contribution in [-0.4, -0.2) is 23.3 Å². The first kappa shape index (κ1) is 18.3. The summed E-state index contributed by atoms with van der Waals surface area (Å²) in [6.07, 6.45) is 0.830. The summed E-state index contributed by atoms with van der Waals surface area (Å²) in [5, 5.41) is 14.9. The van der Waals surface area contributed by atoms with Gasteiger partial charge in [-0.15, -0.1) is 11.3 Å². The van der Waals surface area contributed by atoms with Gasteiger partial charge in [0.15, 0.2) is 5.78 Å². The number of thiophene rings is 1. The Morgan fingerprint density at radius 3 is 2.54 bits per heavy atom. The van der Waals surface area contributed by atoms with Gasteiger partial charge in [0, 0.05) is 23.3 Å². The van der Waals surface area contributed by atoms with Crippen LogP contribution in [0.4, 0.5) is 4.39 Å². The number of halogens is 1. The highest BCUT2D eigenvalue weighted by atomic mass is 32.1. The van der Waals surface area contributed by atoms with Crippen molar-refractivity contribution in [1.29, 1.82) is 0 Å². The van der Waals surface area contributed by atoms with E-state index in [2.05, 4.69) is 5.32 Å². The first-order chi connectivity index (χ1) is 11.4. The minimum Gasteiger partial charge on any atom is -0.383 e. The molecule has 0 radical (unpaired) electrons. The minimum absolute atomic E-state index is 0.117. The molecule has 1 unspecified atom stereocenters. The number of carbonyl (C=O) groups excluding carboxylic acids is 2. The van der Waals surface area contributed by atoms with Gasteiger partial charge in [0.25, 0.3) is 0 Å². The van der Waals surface area contributed by atoms with Gasteiger partial charge < -0.3 is 10.4 Å². The van der Waals surface area contributed by atoms with Crippen molar-refractivity contribution in [1.82, 2.24) is 5.32 Å². The molecule has 0 saturated heterocycles. The molecule has 0 saturated carbocycles. The summed E-state index contributed by atoms with van der Waals surface area (Å²) in [7, 11) is 0. The van der Waals surface area contributed by atoms with Crippen LogP contribution in [0.1, 0.15) is 41.4 Å². The summed E-state index contributed by atoms with van der Waals surface area (Å²) in [6.45, 7) is 1.77. The van der Waals surface area contributed by atoms with Crippen molar-refractivity contribution in [3.05, 3.63) is 58.0 Å². The lowest BCUT2D eigenvalue weighted by molar-refractivity contribution is -0.122. The standard InChI is InChI=1S/C18H20FNO3S/c1-18(23,16-5-3-11-24-16)12-20-17(22)6-2-4-15(21)13-7-9-14(19)10-8-13/h3,5,7-11,23H,2,4,6,12H2,1H3,(H,20,22). The topological polar surface area (TPSA) is 66.4 Å². The molecule has 0 fully saturated rings. The summed E-state index contributed by atoms with van der Waals surface area (Å²) < 4.78 is 12.8. The Labute approximate surface area is 144 Å². The van der Waals surface area contributed by atoms with Gasteiger partial charge in [-0.2, -0.15) is 0 Å². The Bertz CT molecular complexity index is 681. The zero-order valence-corrected chi connectivity index (χ0v) is 14.2. The van der Waals surface area contributed by atoms with Crippen molar-refractivity contribution in [2.75, 3.05) is 6.54 Å². The van der Waals surface area contributed by atoms with E-state index in [1.165, 1.54) is 35.6 Å². The van der Waals surface area contributed by atoms with E-state index >= 15 is 0 Å². The predicted molar refractivity (Wildman–Crippen MR) is 91.5 cm³/mol. The fourth-order valence-electron chi connectivity index (χ4n) is 2.22. The molecule has 1 aromatic heterocycles. The highest BCUT2D eigenvalue weighted by Gasteiger charge is 2.24. The molecule has 0 aliphatic carbocycles. The molecule has 4 nitrogen and oxygen atoms in total. The molecule has 0 spiro atoms. The van der Waals surface area contributed by atoms with Crippen molar-refractivity contribution < 1.29 is 19.1 Å². The Morgan fingerprint density at radius 1 is 1.21 bits per heavy atom. The molecule has 0 aliphatic heterocycles. The van der Waals surface area contributed by atoms with Crippen LogP contribution in [-0.2, 0) is 10.4 Å². The number of hydrogen-bond acceptors (Lipinski definition) is 4. The van der Waals surface area contributed by atoms with E-state index in [1.54, 1.807) is 6.92 Å². The first-order valence-corrected chi connectivity index (χ1v) is 8.58. The maximum absolute atomic E-state index is 12.8. The second-order valence-corrected chi connectivity index (χ2v) is 6.76. The summed E-state index contributed by atoms with van der Waals surface area (Å²) in [6, 6.07) is 9.03. The third-order valence-electron chi connectivity index (χ3n) is 3.66. The van der Waals surface area contributed by atoms with E-state index in [9.17, 15) is 19.1 Å². The SMILES string of the molecule is CC(O)(CNC(=O)CCCC(=O)c1ccc(F)cc1)c1cccs1. The minimum atomic E-state index is -1.10. The lowest BCUT2D eigenvalue weighted by atomic mass is 10.0. The van der Waals surface area contributed by atoms with Crippen LogP contribution in [0.5, 0.6) is 0 Å². The second kappa shape index (κ2) is 8.17. The molecule has 1 aromatic carbocycles. The van der Waals surface area contributed by atoms with Crippen LogP contribution in [0.2, 0.25) is 0 Å². The van der Waals surface area contributed by atoms with Crippen molar-refractivity contribution >= 4 is 23.0 Å². The molecule has 2 rings (SSSR count). The van der Waals surface area contributed by atoms with Gasteiger partial charge in [0.2, 0.25) is 5.91 Å². The number of benzene rings is 1. The van der Waals surface area contributed by atoms with Gasteiger partial charge in [-0.1, -0.05) is 6.07 Å². The van der Waals surface area contributed by atoms with Crippen molar-refractivity contribution in [2.45, 2.75) is 31.8 Å². The Morgan fingerprint density at radius 2 is 1.92 bits per heavy atom. The molecular formula is C18H20FNO3S. The van der Waals surface area contributed by atoms with Gasteiger partial charge >= 0.3 is 0 Å². The van der Waals surface area contributed by atoms with Crippen molar-refractivity contribution in [3.63, 3.8) is 0 Å². The number of nitrogens with one attached hydrogen (secondary N) is 1. The zero-order chi connectivity index (χ0) is 17.6. The summed E-state index contributed by atoms with van der Waals surface area (Å²) in [4.78, 5) is 24.5. The van der Waals surface area contributed by atoms with Gasteiger partial charge in [-0.3, -0.25) is 9.59 Å². The number of rotatable bonds is 8. The highest BCUT2D eigenvalue weighted by Crippen LogP contribution is 2.24. The molecule has 128 valence electrons. The van der Waals surface area contributed by atoms with Gasteiger partial charge in [0.1, 0.15) is 11.4 Å². The zero-order valence-electron chi connectivity index (χ0n) is 13.4. The number of amides is 1. The molecule has 6 heteroatoms. The van der Waals surface area contributed by atoms with Crippen molar-refractivity contribution in [3.8, 4) is 0 Å². The Balaban J connectivity index is 1.71. The fraction of sp³-hybridized carbons (Fsp3) is 0.333. The molecule has 24 heavy (non-hydrogen) atoms. The first-order valence-electron chi connectivity index (χ1n) is 7.70. The fourth-order valence-corrected chi connectivity index (χ4v) is 3.01. The summed E-state index contributed by atoms with van der Waals surface area (Å²) >= 11 is 1.43. The molecule has 0 aliphatic rings. The van der Waals surface area contributed by atoms with Gasteiger partial charge in [-0.05, 0) is 49.1 Å². The van der Waals surface area contributed by atoms with Crippen LogP contribution < -0.4 is 5.32 Å². The van der Waals surface area contributed by atoms with Gasteiger partial charge in [-0.25, -0.2) is 4.39 Å². The molecule has 2 aromatic rings. The number of ketones is 1. The van der Waals surface area contributed by atoms with E-state index in [0.717, 1.165) is 4.88 Å². The van der Waals surface area contributed by atoms with Crippen LogP contribution in [0.15, 0.2) is 41.8 Å². The normalized spacial score (nSPS) is 13.3. The quantitative estimate of drug-likeness (QED) is 0.719. The Hall–Kier alpha value is -2.05. The average Bonchev–Trinajstić information content (AvgIpc) is 3.09. The summed E-state index contributed by atoms with van der Waals surface area (Å²) in [5.74, 6) is -0.712. The third-order valence-corrected chi connectivity index (χ3v) is 4.78. The Kier molecular flexibility index (Phi) is 6.23. The predicted octanol–water partition coefficient (Wildman–Crippen LogP) is 3.26. The van der Waals surface area contributed by atoms with E-state index in [-0.39, 0.29) is 36.9 Å². The van der Waals surface area contributed by atoms with Crippen molar-refractivity contribution in [2.24, 2.45) is 0 Å². The summed E-state index contributed by atoms with van der Waals surface area (Å²) in [5.41, 5.74) is -0.661. The van der Waals surface area contributed by atoms with Gasteiger partial charge in [0.05, 0.1) is 6.54 Å². The third kappa shape index (κ3) is 5.25. The molecule has 2 N–H and O–H groups in total. The maximum Gasteiger partial charge on any atom is 0.220 e.